The van der Waals surface area contributed by atoms with Gasteiger partial charge < -0.3 is 45.1 Å². The molecular formula is C71H81N5O16S. The molecule has 5 aromatic rings. The number of esters is 4. The number of fused-ring (bicyclic) bond motifs is 1. The van der Waals surface area contributed by atoms with Gasteiger partial charge in [0, 0.05) is 42.9 Å². The Balaban J connectivity index is 1.00. The number of thioether (sulfide) groups is 1. The standard InChI is InChI=1S/C71H81N5O16S/c1-46(77)34-60(81)74-58(38-50-28-16-8-17-29-50)70(88)92-45-89-67(85)53(35-47-22-10-5-11-23-47)41-56(79)43-55(78)40-52(32-20-21-33-73-64(83)63-71(2,3)93-66-62(65(84)76(63)66)75-61(82)39-51-30-18-9-19-31-51)59(80)42-54(36-48-24-12-6-13-25-48)68(86)90-44-91-69(87)57(72-4)37-49-26-14-7-15-27-49/h5-19,22-31,52-54,57-58,62-63,66,72H,20-21,32-45H2,1-4H3,(H,73,83)(H,74,81)(H,75,82)/t52-,53?,54?,57?,58?,62-,63+,66-/m1/s1. The van der Waals surface area contributed by atoms with Crippen LogP contribution in [0.15, 0.2) is 152 Å². The van der Waals surface area contributed by atoms with Crippen molar-refractivity contribution < 1.29 is 76.5 Å². The van der Waals surface area contributed by atoms with E-state index in [4.69, 9.17) is 18.9 Å². The summed E-state index contributed by atoms with van der Waals surface area (Å²) in [6.07, 6.45) is -1.37. The Morgan fingerprint density at radius 3 is 1.46 bits per heavy atom. The number of nitrogens with one attached hydrogen (secondary N) is 4. The summed E-state index contributed by atoms with van der Waals surface area (Å²) in [5.41, 5.74) is 3.67. The van der Waals surface area contributed by atoms with Crippen LogP contribution in [-0.4, -0.2) is 137 Å². The number of likely N-dealkylation sites (N-methyl/N-ethyl adjacent to an activating group) is 1. The minimum absolute atomic E-state index is 0.00204. The highest BCUT2D eigenvalue weighted by atomic mass is 32.2. The molecule has 492 valence electrons. The van der Waals surface area contributed by atoms with Gasteiger partial charge in [0.1, 0.15) is 52.7 Å². The Kier molecular flexibility index (Phi) is 27.3. The quantitative estimate of drug-likeness (QED) is 0.0111. The number of Topliss-reactive ketones (excluding diaryl/α,β-unsaturated/α-hetero) is 4. The van der Waals surface area contributed by atoms with Gasteiger partial charge in [-0.05, 0) is 87.7 Å². The van der Waals surface area contributed by atoms with E-state index in [1.165, 1.54) is 23.6 Å². The van der Waals surface area contributed by atoms with E-state index < -0.39 is 157 Å². The van der Waals surface area contributed by atoms with Gasteiger partial charge in [-0.1, -0.05) is 158 Å². The highest BCUT2D eigenvalue weighted by Gasteiger charge is 2.64. The lowest BCUT2D eigenvalue weighted by molar-refractivity contribution is -0.173. The summed E-state index contributed by atoms with van der Waals surface area (Å²) in [6, 6.07) is 41.0. The summed E-state index contributed by atoms with van der Waals surface area (Å²) in [5.74, 6) is -10.7. The van der Waals surface area contributed by atoms with E-state index in [0.29, 0.717) is 29.5 Å². The summed E-state index contributed by atoms with van der Waals surface area (Å²) in [7, 11) is 1.60. The van der Waals surface area contributed by atoms with Crippen molar-refractivity contribution in [3.8, 4) is 0 Å². The maximum absolute atomic E-state index is 14.7. The van der Waals surface area contributed by atoms with Crippen LogP contribution >= 0.6 is 11.8 Å². The number of carbonyl (C=O) groups excluding carboxylic acids is 12. The van der Waals surface area contributed by atoms with Crippen molar-refractivity contribution in [2.75, 3.05) is 27.2 Å². The molecule has 2 aliphatic rings. The first kappa shape index (κ1) is 71.3. The zero-order valence-electron chi connectivity index (χ0n) is 52.8. The molecule has 5 aromatic carbocycles. The Labute approximate surface area is 545 Å². The lowest BCUT2D eigenvalue weighted by Crippen LogP contribution is -2.71. The molecule has 21 nitrogen and oxygen atoms in total. The number of nitrogens with zero attached hydrogens (tertiary/aromatic N) is 1. The van der Waals surface area contributed by atoms with E-state index >= 15 is 0 Å². The molecular weight excluding hydrogens is 1210 g/mol. The average Bonchev–Trinajstić information content (AvgIpc) is 1.57. The Morgan fingerprint density at radius 2 is 0.968 bits per heavy atom. The number of hydrogen-bond donors (Lipinski definition) is 4. The van der Waals surface area contributed by atoms with Gasteiger partial charge in [-0.25, -0.2) is 4.79 Å². The maximum Gasteiger partial charge on any atom is 0.331 e. The van der Waals surface area contributed by atoms with Gasteiger partial charge in [0.05, 0.1) is 31.1 Å². The van der Waals surface area contributed by atoms with E-state index in [1.807, 2.05) is 74.5 Å². The Hall–Kier alpha value is -9.15. The van der Waals surface area contributed by atoms with Crippen LogP contribution in [0.4, 0.5) is 0 Å². The number of benzene rings is 5. The van der Waals surface area contributed by atoms with Crippen molar-refractivity contribution in [3.05, 3.63) is 179 Å². The fourth-order valence-electron chi connectivity index (χ4n) is 11.4. The maximum atomic E-state index is 14.7. The largest absolute Gasteiger partial charge is 0.428 e. The smallest absolute Gasteiger partial charge is 0.331 e. The van der Waals surface area contributed by atoms with Crippen molar-refractivity contribution in [1.29, 1.82) is 0 Å². The Bertz CT molecular complexity index is 3390. The van der Waals surface area contributed by atoms with Crippen molar-refractivity contribution in [1.82, 2.24) is 26.2 Å². The van der Waals surface area contributed by atoms with Gasteiger partial charge in [-0.2, -0.15) is 0 Å². The highest BCUT2D eigenvalue weighted by molar-refractivity contribution is 8.01. The summed E-state index contributed by atoms with van der Waals surface area (Å²) >= 11 is 1.42. The normalized spacial score (nSPS) is 16.9. The van der Waals surface area contributed by atoms with Gasteiger partial charge in [0.25, 0.3) is 0 Å². The van der Waals surface area contributed by atoms with Crippen LogP contribution in [0.3, 0.4) is 0 Å². The first-order valence-corrected chi connectivity index (χ1v) is 32.0. The van der Waals surface area contributed by atoms with Crippen LogP contribution in [0.25, 0.3) is 0 Å². The van der Waals surface area contributed by atoms with Crippen LogP contribution in [-0.2, 0) is 109 Å². The summed E-state index contributed by atoms with van der Waals surface area (Å²) in [5, 5.41) is 10.7. The molecule has 0 radical (unpaired) electrons. The average molecular weight is 1290 g/mol. The molecule has 0 bridgehead atoms. The molecule has 4 amide bonds. The fraction of sp³-hybridized carbons (Fsp3) is 0.408. The number of ketones is 4. The SMILES string of the molecule is CNC(Cc1ccccc1)C(=O)OCOC(=O)C(CC(=O)[C@H](CCCCNC(=O)[C@@H]1N2C(=O)[C@@H](NC(=O)Cc3ccccc3)[C@H]2SC1(C)C)CC(=O)CC(=O)CC(Cc1ccccc1)C(=O)OCOC(=O)C(Cc1ccccc1)NC(=O)CC(C)=O)Cc1ccccc1. The molecule has 2 aliphatic heterocycles. The van der Waals surface area contributed by atoms with Gasteiger partial charge in [-0.3, -0.25) is 52.7 Å². The number of β-lactam (4-membered cyclic amide) rings is 1. The predicted molar refractivity (Wildman–Crippen MR) is 344 cm³/mol. The van der Waals surface area contributed by atoms with Crippen LogP contribution in [0, 0.1) is 17.8 Å². The molecule has 0 aromatic heterocycles. The molecule has 2 saturated heterocycles. The lowest BCUT2D eigenvalue weighted by Gasteiger charge is -2.44. The zero-order valence-corrected chi connectivity index (χ0v) is 53.6. The minimum atomic E-state index is -1.25. The van der Waals surface area contributed by atoms with Crippen molar-refractivity contribution in [2.45, 2.75) is 139 Å². The van der Waals surface area contributed by atoms with Crippen LogP contribution in [0.2, 0.25) is 0 Å². The molecule has 0 spiro atoms. The summed E-state index contributed by atoms with van der Waals surface area (Å²) < 4.78 is 20.9. The number of unbranched alkanes of at least 4 members (excludes halogenated alkanes) is 1. The number of amides is 4. The zero-order chi connectivity index (χ0) is 66.9. The van der Waals surface area contributed by atoms with Crippen LogP contribution in [0.5, 0.6) is 0 Å². The monoisotopic (exact) mass is 1290 g/mol. The van der Waals surface area contributed by atoms with E-state index in [1.54, 1.807) is 98.0 Å². The Morgan fingerprint density at radius 1 is 0.527 bits per heavy atom. The van der Waals surface area contributed by atoms with E-state index in [9.17, 15) is 57.5 Å². The molecule has 2 heterocycles. The fourth-order valence-corrected chi connectivity index (χ4v) is 13.0. The van der Waals surface area contributed by atoms with E-state index in [-0.39, 0.29) is 56.9 Å². The number of rotatable bonds is 38. The molecule has 2 fully saturated rings. The van der Waals surface area contributed by atoms with Gasteiger partial charge in [0.2, 0.25) is 37.2 Å². The number of carbonyl (C=O) groups is 12. The second-order valence-electron chi connectivity index (χ2n) is 23.9. The molecule has 22 heteroatoms. The van der Waals surface area contributed by atoms with Crippen LogP contribution < -0.4 is 21.3 Å². The van der Waals surface area contributed by atoms with Crippen LogP contribution in [0.1, 0.15) is 100.0 Å². The summed E-state index contributed by atoms with van der Waals surface area (Å²) in [4.78, 5) is 163. The molecule has 0 saturated carbocycles. The van der Waals surface area contributed by atoms with Crippen molar-refractivity contribution in [2.24, 2.45) is 17.8 Å². The topological polar surface area (TPSA) is 293 Å². The van der Waals surface area contributed by atoms with E-state index in [2.05, 4.69) is 21.3 Å². The third-order valence-corrected chi connectivity index (χ3v) is 17.7. The van der Waals surface area contributed by atoms with Crippen molar-refractivity contribution in [3.63, 3.8) is 0 Å². The molecule has 0 aliphatic carbocycles. The number of ether oxygens (including phenoxy) is 4. The third kappa shape index (κ3) is 22.3. The second-order valence-corrected chi connectivity index (χ2v) is 25.6. The minimum Gasteiger partial charge on any atom is -0.428 e. The first-order chi connectivity index (χ1) is 44.7. The highest BCUT2D eigenvalue weighted by Crippen LogP contribution is 2.51. The predicted octanol–water partition coefficient (Wildman–Crippen LogP) is 6.29. The number of hydrogen-bond acceptors (Lipinski definition) is 18. The molecule has 4 N–H and O–H groups in total. The molecule has 7 rings (SSSR count). The molecule has 4 unspecified atom stereocenters. The third-order valence-electron chi connectivity index (χ3n) is 16.1. The van der Waals surface area contributed by atoms with Gasteiger partial charge in [-0.15, -0.1) is 11.8 Å². The molecule has 93 heavy (non-hydrogen) atoms. The van der Waals surface area contributed by atoms with Gasteiger partial charge in [0.15, 0.2) is 0 Å². The summed E-state index contributed by atoms with van der Waals surface area (Å²) in [6.45, 7) is 3.44. The second kappa shape index (κ2) is 35.6. The molecule has 8 atom stereocenters. The first-order valence-electron chi connectivity index (χ1n) is 31.1. The van der Waals surface area contributed by atoms with E-state index in [0.717, 1.165) is 11.1 Å². The lowest BCUT2D eigenvalue weighted by atomic mass is 9.84. The van der Waals surface area contributed by atoms with Crippen molar-refractivity contribution >= 4 is 82.4 Å². The van der Waals surface area contributed by atoms with Gasteiger partial charge >= 0.3 is 23.9 Å².